The maximum absolute atomic E-state index is 11.4. The molecule has 1 aliphatic rings. The summed E-state index contributed by atoms with van der Waals surface area (Å²) < 4.78 is 10.3. The van der Waals surface area contributed by atoms with Gasteiger partial charge in [0.05, 0.1) is 13.2 Å². The summed E-state index contributed by atoms with van der Waals surface area (Å²) in [4.78, 5) is 11.4. The SMILES string of the molecule is CCOC(=O)C(O)Cc1cc(Cl)cc2c1OCC2. The molecule has 0 aromatic heterocycles. The lowest BCUT2D eigenvalue weighted by Crippen LogP contribution is -2.25. The third-order valence-corrected chi connectivity index (χ3v) is 3.02. The maximum atomic E-state index is 11.4. The number of aliphatic hydroxyl groups is 1. The molecular weight excluding hydrogens is 256 g/mol. The Morgan fingerprint density at radius 1 is 1.61 bits per heavy atom. The van der Waals surface area contributed by atoms with E-state index in [1.54, 1.807) is 13.0 Å². The fraction of sp³-hybridized carbons (Fsp3) is 0.462. The predicted molar refractivity (Wildman–Crippen MR) is 67.0 cm³/mol. The summed E-state index contributed by atoms with van der Waals surface area (Å²) in [5.74, 6) is 0.118. The van der Waals surface area contributed by atoms with Gasteiger partial charge in [0.25, 0.3) is 0 Å². The Morgan fingerprint density at radius 3 is 3.11 bits per heavy atom. The standard InChI is InChI=1S/C13H15ClO4/c1-2-17-13(16)11(15)7-9-6-10(14)5-8-3-4-18-12(8)9/h5-6,11,15H,2-4,7H2,1H3. The highest BCUT2D eigenvalue weighted by atomic mass is 35.5. The molecule has 1 atom stereocenters. The highest BCUT2D eigenvalue weighted by Crippen LogP contribution is 2.33. The van der Waals surface area contributed by atoms with Gasteiger partial charge in [-0.15, -0.1) is 0 Å². The molecule has 1 N–H and O–H groups in total. The van der Waals surface area contributed by atoms with Gasteiger partial charge in [-0.2, -0.15) is 0 Å². The van der Waals surface area contributed by atoms with Crippen LogP contribution in [0.25, 0.3) is 0 Å². The molecule has 1 aromatic rings. The van der Waals surface area contributed by atoms with E-state index < -0.39 is 12.1 Å². The molecule has 1 aliphatic heterocycles. The van der Waals surface area contributed by atoms with E-state index in [-0.39, 0.29) is 13.0 Å². The Hall–Kier alpha value is -1.26. The quantitative estimate of drug-likeness (QED) is 0.847. The first-order chi connectivity index (χ1) is 8.61. The molecule has 0 amide bonds. The number of fused-ring (bicyclic) bond motifs is 1. The normalized spacial score (nSPS) is 14.8. The highest BCUT2D eigenvalue weighted by molar-refractivity contribution is 6.30. The van der Waals surface area contributed by atoms with Crippen molar-refractivity contribution in [1.82, 2.24) is 0 Å². The van der Waals surface area contributed by atoms with E-state index in [0.29, 0.717) is 11.6 Å². The fourth-order valence-corrected chi connectivity index (χ4v) is 2.29. The Balaban J connectivity index is 2.17. The zero-order chi connectivity index (χ0) is 13.1. The summed E-state index contributed by atoms with van der Waals surface area (Å²) in [5.41, 5.74) is 1.77. The average molecular weight is 271 g/mol. The molecule has 0 radical (unpaired) electrons. The van der Waals surface area contributed by atoms with E-state index in [0.717, 1.165) is 23.3 Å². The van der Waals surface area contributed by atoms with E-state index >= 15 is 0 Å². The Kier molecular flexibility index (Phi) is 4.09. The van der Waals surface area contributed by atoms with Crippen molar-refractivity contribution >= 4 is 17.6 Å². The lowest BCUT2D eigenvalue weighted by atomic mass is 10.0. The zero-order valence-electron chi connectivity index (χ0n) is 10.1. The van der Waals surface area contributed by atoms with Gasteiger partial charge in [-0.3, -0.25) is 0 Å². The molecule has 0 aliphatic carbocycles. The van der Waals surface area contributed by atoms with E-state index in [9.17, 15) is 9.90 Å². The number of rotatable bonds is 4. The maximum Gasteiger partial charge on any atom is 0.335 e. The van der Waals surface area contributed by atoms with E-state index in [1.807, 2.05) is 6.07 Å². The van der Waals surface area contributed by atoms with Crippen LogP contribution >= 0.6 is 11.6 Å². The predicted octanol–water partition coefficient (Wildman–Crippen LogP) is 1.74. The molecular formula is C13H15ClO4. The van der Waals surface area contributed by atoms with E-state index in [1.165, 1.54) is 0 Å². The third kappa shape index (κ3) is 2.76. The van der Waals surface area contributed by atoms with Crippen molar-refractivity contribution in [3.8, 4) is 5.75 Å². The van der Waals surface area contributed by atoms with Crippen LogP contribution in [0.1, 0.15) is 18.1 Å². The van der Waals surface area contributed by atoms with Gasteiger partial charge in [-0.1, -0.05) is 11.6 Å². The molecule has 4 nitrogen and oxygen atoms in total. The molecule has 18 heavy (non-hydrogen) atoms. The minimum Gasteiger partial charge on any atom is -0.493 e. The number of benzene rings is 1. The molecule has 1 heterocycles. The van der Waals surface area contributed by atoms with Crippen LogP contribution < -0.4 is 4.74 Å². The molecule has 1 unspecified atom stereocenters. The topological polar surface area (TPSA) is 55.8 Å². The lowest BCUT2D eigenvalue weighted by Gasteiger charge is -2.12. The summed E-state index contributed by atoms with van der Waals surface area (Å²) in [6.07, 6.45) is -0.225. The summed E-state index contributed by atoms with van der Waals surface area (Å²) in [6.45, 7) is 2.56. The molecule has 0 saturated heterocycles. The molecule has 5 heteroatoms. The number of hydrogen-bond donors (Lipinski definition) is 1. The van der Waals surface area contributed by atoms with Gasteiger partial charge < -0.3 is 14.6 Å². The lowest BCUT2D eigenvalue weighted by molar-refractivity contribution is -0.152. The van der Waals surface area contributed by atoms with Crippen molar-refractivity contribution in [3.05, 3.63) is 28.3 Å². The van der Waals surface area contributed by atoms with Gasteiger partial charge in [0.2, 0.25) is 0 Å². The van der Waals surface area contributed by atoms with Crippen molar-refractivity contribution in [1.29, 1.82) is 0 Å². The second-order valence-electron chi connectivity index (χ2n) is 4.12. The van der Waals surface area contributed by atoms with Gasteiger partial charge in [-0.05, 0) is 30.2 Å². The molecule has 98 valence electrons. The van der Waals surface area contributed by atoms with Gasteiger partial charge in [0, 0.05) is 17.9 Å². The molecule has 0 bridgehead atoms. The Morgan fingerprint density at radius 2 is 2.39 bits per heavy atom. The summed E-state index contributed by atoms with van der Waals surface area (Å²) >= 11 is 6.00. The first kappa shape index (κ1) is 13.2. The van der Waals surface area contributed by atoms with E-state index in [2.05, 4.69) is 0 Å². The van der Waals surface area contributed by atoms with Crippen LogP contribution in [0, 0.1) is 0 Å². The van der Waals surface area contributed by atoms with Gasteiger partial charge in [0.15, 0.2) is 6.10 Å². The van der Waals surface area contributed by atoms with E-state index in [4.69, 9.17) is 21.1 Å². The first-order valence-corrected chi connectivity index (χ1v) is 6.28. The minimum absolute atomic E-state index is 0.154. The number of aliphatic hydroxyl groups excluding tert-OH is 1. The first-order valence-electron chi connectivity index (χ1n) is 5.90. The number of halogens is 1. The number of carbonyl (C=O) groups is 1. The molecule has 0 saturated carbocycles. The fourth-order valence-electron chi connectivity index (χ4n) is 2.03. The molecule has 0 spiro atoms. The van der Waals surface area contributed by atoms with Crippen molar-refractivity contribution < 1.29 is 19.4 Å². The zero-order valence-corrected chi connectivity index (χ0v) is 10.9. The van der Waals surface area contributed by atoms with Crippen LogP contribution in [0.15, 0.2) is 12.1 Å². The molecule has 0 fully saturated rings. The second-order valence-corrected chi connectivity index (χ2v) is 4.56. The summed E-state index contributed by atoms with van der Waals surface area (Å²) in [6, 6.07) is 3.57. The molecule has 1 aromatic carbocycles. The second kappa shape index (κ2) is 5.59. The summed E-state index contributed by atoms with van der Waals surface area (Å²) in [7, 11) is 0. The van der Waals surface area contributed by atoms with Crippen molar-refractivity contribution in [2.24, 2.45) is 0 Å². The monoisotopic (exact) mass is 270 g/mol. The van der Waals surface area contributed by atoms with Crippen molar-refractivity contribution in [2.45, 2.75) is 25.9 Å². The number of esters is 1. The highest BCUT2D eigenvalue weighted by Gasteiger charge is 2.23. The van der Waals surface area contributed by atoms with Gasteiger partial charge in [0.1, 0.15) is 5.75 Å². The van der Waals surface area contributed by atoms with Crippen molar-refractivity contribution in [3.63, 3.8) is 0 Å². The van der Waals surface area contributed by atoms with Crippen LogP contribution in [0.4, 0.5) is 0 Å². The largest absolute Gasteiger partial charge is 0.493 e. The Labute approximate surface area is 110 Å². The smallest absolute Gasteiger partial charge is 0.335 e. The van der Waals surface area contributed by atoms with Crippen LogP contribution in [0.2, 0.25) is 5.02 Å². The van der Waals surface area contributed by atoms with Crippen LogP contribution in [0.5, 0.6) is 5.75 Å². The van der Waals surface area contributed by atoms with Crippen LogP contribution in [-0.2, 0) is 22.4 Å². The van der Waals surface area contributed by atoms with Gasteiger partial charge >= 0.3 is 5.97 Å². The van der Waals surface area contributed by atoms with Gasteiger partial charge in [-0.25, -0.2) is 4.79 Å². The average Bonchev–Trinajstić information content (AvgIpc) is 2.77. The number of ether oxygens (including phenoxy) is 2. The minimum atomic E-state index is -1.18. The van der Waals surface area contributed by atoms with Crippen molar-refractivity contribution in [2.75, 3.05) is 13.2 Å². The number of carbonyl (C=O) groups excluding carboxylic acids is 1. The van der Waals surface area contributed by atoms with Crippen LogP contribution in [-0.4, -0.2) is 30.4 Å². The molecule has 2 rings (SSSR count). The summed E-state index contributed by atoms with van der Waals surface area (Å²) in [5, 5.41) is 10.3. The third-order valence-electron chi connectivity index (χ3n) is 2.80. The number of hydrogen-bond acceptors (Lipinski definition) is 4. The van der Waals surface area contributed by atoms with Crippen LogP contribution in [0.3, 0.4) is 0 Å². The Bertz CT molecular complexity index is 459.